The second-order valence-electron chi connectivity index (χ2n) is 4.85. The molecule has 1 aliphatic carbocycles. The van der Waals surface area contributed by atoms with Gasteiger partial charge in [-0.3, -0.25) is 0 Å². The van der Waals surface area contributed by atoms with Crippen LogP contribution in [0.1, 0.15) is 30.9 Å². The van der Waals surface area contributed by atoms with Crippen molar-refractivity contribution in [3.05, 3.63) is 34.3 Å². The molecule has 14 heavy (non-hydrogen) atoms. The first-order valence-electron chi connectivity index (χ1n) is 4.96. The van der Waals surface area contributed by atoms with Gasteiger partial charge < -0.3 is 5.73 Å². The molecular weight excluding hydrogens is 194 g/mol. The van der Waals surface area contributed by atoms with Gasteiger partial charge in [0.25, 0.3) is 0 Å². The summed E-state index contributed by atoms with van der Waals surface area (Å²) in [6.07, 6.45) is 0. The van der Waals surface area contributed by atoms with Crippen molar-refractivity contribution in [1.29, 1.82) is 0 Å². The fourth-order valence-corrected chi connectivity index (χ4v) is 2.41. The van der Waals surface area contributed by atoms with E-state index in [2.05, 4.69) is 26.8 Å². The Morgan fingerprint density at radius 1 is 1.36 bits per heavy atom. The van der Waals surface area contributed by atoms with Crippen molar-refractivity contribution in [2.45, 2.75) is 32.7 Å². The highest BCUT2D eigenvalue weighted by Gasteiger charge is 2.56. The first kappa shape index (κ1) is 10.0. The minimum atomic E-state index is 0.206. The van der Waals surface area contributed by atoms with E-state index in [0.29, 0.717) is 5.92 Å². The highest BCUT2D eigenvalue weighted by molar-refractivity contribution is 6.31. The molecule has 1 aromatic rings. The van der Waals surface area contributed by atoms with Gasteiger partial charge >= 0.3 is 0 Å². The summed E-state index contributed by atoms with van der Waals surface area (Å²) in [5.74, 6) is 0.426. The van der Waals surface area contributed by atoms with E-state index in [-0.39, 0.29) is 11.5 Å². The Hall–Kier alpha value is -0.530. The lowest BCUT2D eigenvalue weighted by atomic mass is 10.0. The third-order valence-corrected chi connectivity index (χ3v) is 3.74. The first-order valence-corrected chi connectivity index (χ1v) is 5.34. The van der Waals surface area contributed by atoms with Crippen LogP contribution in [0.15, 0.2) is 18.2 Å². The lowest BCUT2D eigenvalue weighted by Gasteiger charge is -2.06. The van der Waals surface area contributed by atoms with Gasteiger partial charge in [-0.05, 0) is 24.0 Å². The highest BCUT2D eigenvalue weighted by Crippen LogP contribution is 2.58. The van der Waals surface area contributed by atoms with Crippen molar-refractivity contribution in [1.82, 2.24) is 0 Å². The minimum absolute atomic E-state index is 0.206. The molecule has 1 aliphatic rings. The lowest BCUT2D eigenvalue weighted by molar-refractivity contribution is 0.599. The molecule has 0 aromatic heterocycles. The Kier molecular flexibility index (Phi) is 2.13. The number of halogens is 1. The first-order chi connectivity index (χ1) is 6.44. The van der Waals surface area contributed by atoms with E-state index in [1.165, 1.54) is 11.1 Å². The Labute approximate surface area is 90.3 Å². The number of nitrogens with two attached hydrogens (primary N) is 1. The van der Waals surface area contributed by atoms with Crippen molar-refractivity contribution < 1.29 is 0 Å². The fraction of sp³-hybridized carbons (Fsp3) is 0.500. The summed E-state index contributed by atoms with van der Waals surface area (Å²) in [7, 11) is 0. The zero-order valence-electron chi connectivity index (χ0n) is 8.84. The van der Waals surface area contributed by atoms with Crippen LogP contribution in [-0.4, -0.2) is 6.04 Å². The van der Waals surface area contributed by atoms with Crippen LogP contribution in [0.5, 0.6) is 0 Å². The van der Waals surface area contributed by atoms with Crippen molar-refractivity contribution in [3.8, 4) is 0 Å². The molecule has 0 amide bonds. The van der Waals surface area contributed by atoms with E-state index in [1.807, 2.05) is 12.1 Å². The molecule has 0 heterocycles. The van der Waals surface area contributed by atoms with E-state index < -0.39 is 0 Å². The molecule has 0 aliphatic heterocycles. The van der Waals surface area contributed by atoms with Gasteiger partial charge in [0.2, 0.25) is 0 Å². The summed E-state index contributed by atoms with van der Waals surface area (Å²) >= 11 is 6.17. The summed E-state index contributed by atoms with van der Waals surface area (Å²) in [4.78, 5) is 0. The smallest absolute Gasteiger partial charge is 0.0441 e. The molecule has 0 radical (unpaired) electrons. The van der Waals surface area contributed by atoms with Gasteiger partial charge in [0.05, 0.1) is 0 Å². The topological polar surface area (TPSA) is 26.0 Å². The minimum Gasteiger partial charge on any atom is -0.327 e. The molecule has 1 nitrogen and oxygen atoms in total. The van der Waals surface area contributed by atoms with Crippen molar-refractivity contribution in [2.24, 2.45) is 11.1 Å². The van der Waals surface area contributed by atoms with E-state index in [9.17, 15) is 0 Å². The molecule has 0 unspecified atom stereocenters. The molecule has 1 saturated carbocycles. The Bertz CT molecular complexity index is 371. The van der Waals surface area contributed by atoms with Crippen LogP contribution in [0.2, 0.25) is 5.02 Å². The monoisotopic (exact) mass is 209 g/mol. The SMILES string of the molecule is Cc1ccc(Cl)c([C@H]2[C@H](N)C2(C)C)c1. The average molecular weight is 210 g/mol. The Morgan fingerprint density at radius 3 is 2.43 bits per heavy atom. The van der Waals surface area contributed by atoms with Crippen LogP contribution < -0.4 is 5.73 Å². The molecule has 0 saturated heterocycles. The van der Waals surface area contributed by atoms with Gasteiger partial charge in [0.15, 0.2) is 0 Å². The number of hydrogen-bond acceptors (Lipinski definition) is 1. The summed E-state index contributed by atoms with van der Waals surface area (Å²) in [6, 6.07) is 6.41. The molecular formula is C12H16ClN. The molecule has 2 N–H and O–H groups in total. The van der Waals surface area contributed by atoms with E-state index in [1.54, 1.807) is 0 Å². The van der Waals surface area contributed by atoms with Crippen LogP contribution in [0.3, 0.4) is 0 Å². The van der Waals surface area contributed by atoms with Crippen LogP contribution in [0, 0.1) is 12.3 Å². The van der Waals surface area contributed by atoms with E-state index in [0.717, 1.165) is 5.02 Å². The normalized spacial score (nSPS) is 28.9. The number of rotatable bonds is 1. The van der Waals surface area contributed by atoms with Gasteiger partial charge in [0.1, 0.15) is 0 Å². The third kappa shape index (κ3) is 1.35. The maximum absolute atomic E-state index is 6.17. The lowest BCUT2D eigenvalue weighted by Crippen LogP contribution is -2.06. The largest absolute Gasteiger partial charge is 0.327 e. The summed E-state index contributed by atoms with van der Waals surface area (Å²) < 4.78 is 0. The summed E-state index contributed by atoms with van der Waals surface area (Å²) in [6.45, 7) is 6.47. The Morgan fingerprint density at radius 2 is 1.93 bits per heavy atom. The molecule has 2 rings (SSSR count). The fourth-order valence-electron chi connectivity index (χ4n) is 2.17. The maximum atomic E-state index is 6.17. The maximum Gasteiger partial charge on any atom is 0.0441 e. The van der Waals surface area contributed by atoms with Crippen LogP contribution in [-0.2, 0) is 0 Å². The molecule has 2 heteroatoms. The summed E-state index contributed by atoms with van der Waals surface area (Å²) in [5.41, 5.74) is 8.70. The second kappa shape index (κ2) is 2.98. The zero-order valence-corrected chi connectivity index (χ0v) is 9.60. The van der Waals surface area contributed by atoms with Crippen LogP contribution in [0.4, 0.5) is 0 Å². The molecule has 2 atom stereocenters. The van der Waals surface area contributed by atoms with Gasteiger partial charge in [-0.2, -0.15) is 0 Å². The number of hydrogen-bond donors (Lipinski definition) is 1. The van der Waals surface area contributed by atoms with E-state index >= 15 is 0 Å². The number of aryl methyl sites for hydroxylation is 1. The van der Waals surface area contributed by atoms with Crippen LogP contribution in [0.25, 0.3) is 0 Å². The van der Waals surface area contributed by atoms with Crippen molar-refractivity contribution >= 4 is 11.6 Å². The molecule has 0 spiro atoms. The van der Waals surface area contributed by atoms with Gasteiger partial charge in [0, 0.05) is 17.0 Å². The zero-order chi connectivity index (χ0) is 10.5. The predicted octanol–water partition coefficient (Wildman–Crippen LogP) is 3.10. The van der Waals surface area contributed by atoms with E-state index in [4.69, 9.17) is 17.3 Å². The average Bonchev–Trinajstić information content (AvgIpc) is 2.58. The third-order valence-electron chi connectivity index (χ3n) is 3.40. The number of benzene rings is 1. The predicted molar refractivity (Wildman–Crippen MR) is 60.7 cm³/mol. The molecule has 76 valence electrons. The quantitative estimate of drug-likeness (QED) is 0.756. The van der Waals surface area contributed by atoms with Gasteiger partial charge in [-0.1, -0.05) is 43.1 Å². The second-order valence-corrected chi connectivity index (χ2v) is 5.26. The molecule has 1 fully saturated rings. The van der Waals surface area contributed by atoms with Gasteiger partial charge in [-0.15, -0.1) is 0 Å². The van der Waals surface area contributed by atoms with Crippen LogP contribution >= 0.6 is 11.6 Å². The Balaban J connectivity index is 2.39. The standard InChI is InChI=1S/C12H16ClN/c1-7-4-5-9(13)8(6-7)10-11(14)12(10,2)3/h4-6,10-11H,14H2,1-3H3/t10-,11-/m0/s1. The molecule has 0 bridgehead atoms. The summed E-state index contributed by atoms with van der Waals surface area (Å²) in [5, 5.41) is 0.849. The highest BCUT2D eigenvalue weighted by atomic mass is 35.5. The molecule has 1 aromatic carbocycles. The van der Waals surface area contributed by atoms with Crippen molar-refractivity contribution in [2.75, 3.05) is 0 Å². The van der Waals surface area contributed by atoms with Gasteiger partial charge in [-0.25, -0.2) is 0 Å². The van der Waals surface area contributed by atoms with Crippen molar-refractivity contribution in [3.63, 3.8) is 0 Å².